The van der Waals surface area contributed by atoms with Crippen LogP contribution in [0.4, 0.5) is 8.78 Å². The standard InChI is InChI=1S/C12H16F2N2O2/c1-7(12(18)16(2)3)15-6-8-4-9(13)11(17)10(14)5-8/h4-5,7,15,17H,6H2,1-3H3. The number of rotatable bonds is 4. The molecule has 2 N–H and O–H groups in total. The van der Waals surface area contributed by atoms with Gasteiger partial charge in [0, 0.05) is 20.6 Å². The molecular formula is C12H16F2N2O2. The van der Waals surface area contributed by atoms with Crippen LogP contribution in [0.5, 0.6) is 5.75 Å². The summed E-state index contributed by atoms with van der Waals surface area (Å²) in [5, 5.41) is 11.8. The Bertz CT molecular complexity index is 427. The largest absolute Gasteiger partial charge is 0.503 e. The first kappa shape index (κ1) is 14.4. The molecule has 1 unspecified atom stereocenters. The van der Waals surface area contributed by atoms with Crippen LogP contribution in [0.2, 0.25) is 0 Å². The number of phenols is 1. The summed E-state index contributed by atoms with van der Waals surface area (Å²) in [5.41, 5.74) is 0.321. The van der Waals surface area contributed by atoms with Crippen LogP contribution in [0.25, 0.3) is 0 Å². The minimum Gasteiger partial charge on any atom is -0.503 e. The predicted molar refractivity (Wildman–Crippen MR) is 63.0 cm³/mol. The molecule has 0 heterocycles. The molecule has 0 saturated carbocycles. The fourth-order valence-electron chi connectivity index (χ4n) is 1.47. The van der Waals surface area contributed by atoms with E-state index in [0.717, 1.165) is 12.1 Å². The average Bonchev–Trinajstić information content (AvgIpc) is 2.31. The van der Waals surface area contributed by atoms with Gasteiger partial charge in [0.2, 0.25) is 5.91 Å². The normalized spacial score (nSPS) is 12.3. The van der Waals surface area contributed by atoms with Crippen LogP contribution in [-0.2, 0) is 11.3 Å². The second-order valence-electron chi connectivity index (χ2n) is 4.24. The van der Waals surface area contributed by atoms with Gasteiger partial charge in [-0.05, 0) is 24.6 Å². The van der Waals surface area contributed by atoms with Crippen molar-refractivity contribution >= 4 is 5.91 Å². The van der Waals surface area contributed by atoms with Crippen LogP contribution < -0.4 is 5.32 Å². The summed E-state index contributed by atoms with van der Waals surface area (Å²) in [5.74, 6) is -3.15. The van der Waals surface area contributed by atoms with Crippen LogP contribution >= 0.6 is 0 Å². The zero-order valence-electron chi connectivity index (χ0n) is 10.5. The Balaban J connectivity index is 2.67. The van der Waals surface area contributed by atoms with Gasteiger partial charge in [0.15, 0.2) is 17.4 Å². The van der Waals surface area contributed by atoms with Crippen molar-refractivity contribution in [2.75, 3.05) is 14.1 Å². The minimum absolute atomic E-state index is 0.130. The summed E-state index contributed by atoms with van der Waals surface area (Å²) in [7, 11) is 3.25. The van der Waals surface area contributed by atoms with Gasteiger partial charge in [0.05, 0.1) is 6.04 Å². The van der Waals surface area contributed by atoms with Gasteiger partial charge in [-0.15, -0.1) is 0 Å². The van der Waals surface area contributed by atoms with Gasteiger partial charge in [-0.25, -0.2) is 8.78 Å². The highest BCUT2D eigenvalue weighted by atomic mass is 19.1. The summed E-state index contributed by atoms with van der Waals surface area (Å²) >= 11 is 0. The topological polar surface area (TPSA) is 52.6 Å². The first-order valence-electron chi connectivity index (χ1n) is 5.44. The molecule has 100 valence electrons. The number of amides is 1. The molecular weight excluding hydrogens is 242 g/mol. The van der Waals surface area contributed by atoms with Crippen molar-refractivity contribution in [2.45, 2.75) is 19.5 Å². The van der Waals surface area contributed by atoms with E-state index >= 15 is 0 Å². The molecule has 6 heteroatoms. The van der Waals surface area contributed by atoms with Crippen molar-refractivity contribution in [3.63, 3.8) is 0 Å². The maximum atomic E-state index is 13.1. The van der Waals surface area contributed by atoms with Crippen LogP contribution in [-0.4, -0.2) is 36.1 Å². The lowest BCUT2D eigenvalue weighted by Crippen LogP contribution is -2.41. The molecule has 1 aromatic rings. The molecule has 1 rings (SSSR count). The Labute approximate surface area is 104 Å². The molecule has 1 aromatic carbocycles. The van der Waals surface area contributed by atoms with Gasteiger partial charge >= 0.3 is 0 Å². The highest BCUT2D eigenvalue weighted by Crippen LogP contribution is 2.21. The zero-order chi connectivity index (χ0) is 13.9. The minimum atomic E-state index is -1.02. The molecule has 0 aromatic heterocycles. The Morgan fingerprint density at radius 3 is 2.33 bits per heavy atom. The highest BCUT2D eigenvalue weighted by Gasteiger charge is 2.15. The maximum Gasteiger partial charge on any atom is 0.238 e. The van der Waals surface area contributed by atoms with Crippen LogP contribution in [0, 0.1) is 11.6 Å². The predicted octanol–water partition coefficient (Wildman–Crippen LogP) is 1.24. The van der Waals surface area contributed by atoms with E-state index in [-0.39, 0.29) is 12.5 Å². The number of halogens is 2. The first-order chi connectivity index (χ1) is 8.32. The quantitative estimate of drug-likeness (QED) is 0.854. The second kappa shape index (κ2) is 5.77. The summed E-state index contributed by atoms with van der Waals surface area (Å²) in [6, 6.07) is 1.59. The lowest BCUT2D eigenvalue weighted by atomic mass is 10.2. The lowest BCUT2D eigenvalue weighted by Gasteiger charge is -2.18. The molecule has 0 aliphatic carbocycles. The van der Waals surface area contributed by atoms with Crippen molar-refractivity contribution in [1.29, 1.82) is 0 Å². The third-order valence-corrected chi connectivity index (χ3v) is 2.50. The molecule has 0 radical (unpaired) electrons. The van der Waals surface area contributed by atoms with E-state index in [0.29, 0.717) is 5.56 Å². The number of carbonyl (C=O) groups excluding carboxylic acids is 1. The molecule has 18 heavy (non-hydrogen) atoms. The SMILES string of the molecule is CC(NCc1cc(F)c(O)c(F)c1)C(=O)N(C)C. The number of nitrogens with zero attached hydrogens (tertiary/aromatic N) is 1. The van der Waals surface area contributed by atoms with E-state index < -0.39 is 23.4 Å². The van der Waals surface area contributed by atoms with Crippen molar-refractivity contribution in [3.8, 4) is 5.75 Å². The van der Waals surface area contributed by atoms with Gasteiger partial charge in [-0.3, -0.25) is 4.79 Å². The molecule has 1 amide bonds. The van der Waals surface area contributed by atoms with E-state index in [1.807, 2.05) is 0 Å². The third-order valence-electron chi connectivity index (χ3n) is 2.50. The maximum absolute atomic E-state index is 13.1. The lowest BCUT2D eigenvalue weighted by molar-refractivity contribution is -0.130. The molecule has 0 aliphatic rings. The van der Waals surface area contributed by atoms with Crippen molar-refractivity contribution < 1.29 is 18.7 Å². The number of hydrogen-bond donors (Lipinski definition) is 2. The summed E-state index contributed by atoms with van der Waals surface area (Å²) in [6.07, 6.45) is 0. The van der Waals surface area contributed by atoms with E-state index in [2.05, 4.69) is 5.32 Å². The Hall–Kier alpha value is -1.69. The van der Waals surface area contributed by atoms with Gasteiger partial charge in [0.25, 0.3) is 0 Å². The number of hydrogen-bond acceptors (Lipinski definition) is 3. The number of aromatic hydroxyl groups is 1. The van der Waals surface area contributed by atoms with E-state index in [9.17, 15) is 13.6 Å². The smallest absolute Gasteiger partial charge is 0.238 e. The van der Waals surface area contributed by atoms with Crippen LogP contribution in [0.15, 0.2) is 12.1 Å². The third kappa shape index (κ3) is 3.40. The molecule has 4 nitrogen and oxygen atoms in total. The fraction of sp³-hybridized carbons (Fsp3) is 0.417. The van der Waals surface area contributed by atoms with Gasteiger partial charge in [-0.2, -0.15) is 0 Å². The van der Waals surface area contributed by atoms with Gasteiger partial charge in [-0.1, -0.05) is 0 Å². The summed E-state index contributed by atoms with van der Waals surface area (Å²) in [6.45, 7) is 1.80. The van der Waals surface area contributed by atoms with Gasteiger partial charge in [0.1, 0.15) is 0 Å². The number of nitrogens with one attached hydrogen (secondary N) is 1. The number of likely N-dealkylation sites (N-methyl/N-ethyl adjacent to an activating group) is 1. The van der Waals surface area contributed by atoms with Gasteiger partial charge < -0.3 is 15.3 Å². The number of benzene rings is 1. The molecule has 0 saturated heterocycles. The van der Waals surface area contributed by atoms with Crippen LogP contribution in [0.1, 0.15) is 12.5 Å². The van der Waals surface area contributed by atoms with E-state index in [1.54, 1.807) is 21.0 Å². The first-order valence-corrected chi connectivity index (χ1v) is 5.44. The molecule has 0 bridgehead atoms. The average molecular weight is 258 g/mol. The molecule has 1 atom stereocenters. The molecule has 0 aliphatic heterocycles. The number of phenolic OH excluding ortho intramolecular Hbond substituents is 1. The zero-order valence-corrected chi connectivity index (χ0v) is 10.5. The Morgan fingerprint density at radius 2 is 1.89 bits per heavy atom. The number of carbonyl (C=O) groups is 1. The van der Waals surface area contributed by atoms with Crippen molar-refractivity contribution in [1.82, 2.24) is 10.2 Å². The Morgan fingerprint density at radius 1 is 1.39 bits per heavy atom. The van der Waals surface area contributed by atoms with Crippen molar-refractivity contribution in [2.24, 2.45) is 0 Å². The summed E-state index contributed by atoms with van der Waals surface area (Å²) in [4.78, 5) is 13.0. The van der Waals surface area contributed by atoms with Crippen LogP contribution in [0.3, 0.4) is 0 Å². The monoisotopic (exact) mass is 258 g/mol. The molecule has 0 fully saturated rings. The second-order valence-corrected chi connectivity index (χ2v) is 4.24. The van der Waals surface area contributed by atoms with E-state index in [1.165, 1.54) is 4.90 Å². The van der Waals surface area contributed by atoms with Crippen molar-refractivity contribution in [3.05, 3.63) is 29.3 Å². The molecule has 0 spiro atoms. The summed E-state index contributed by atoms with van der Waals surface area (Å²) < 4.78 is 26.1. The highest BCUT2D eigenvalue weighted by molar-refractivity contribution is 5.80. The van der Waals surface area contributed by atoms with E-state index in [4.69, 9.17) is 5.11 Å². The fourth-order valence-corrected chi connectivity index (χ4v) is 1.47. The Kier molecular flexibility index (Phi) is 4.61.